The minimum absolute atomic E-state index is 0.404. The monoisotopic (exact) mass is 296 g/mol. The summed E-state index contributed by atoms with van der Waals surface area (Å²) >= 11 is 0. The van der Waals surface area contributed by atoms with Crippen LogP contribution in [-0.4, -0.2) is 18.2 Å². The lowest BCUT2D eigenvalue weighted by atomic mass is 10.1. The number of hydrogen-bond donors (Lipinski definition) is 1. The number of carbonyl (C=O) groups excluding carboxylic acids is 1. The van der Waals surface area contributed by atoms with Gasteiger partial charge in [-0.1, -0.05) is 23.4 Å². The van der Waals surface area contributed by atoms with E-state index in [-0.39, 0.29) is 0 Å². The number of methoxy groups -OCH3 is 1. The Labute approximate surface area is 127 Å². The Hall–Kier alpha value is -2.82. The molecular weight excluding hydrogens is 280 g/mol. The van der Waals surface area contributed by atoms with E-state index >= 15 is 0 Å². The van der Waals surface area contributed by atoms with E-state index in [9.17, 15) is 4.79 Å². The molecule has 5 heteroatoms. The second-order valence-electron chi connectivity index (χ2n) is 5.09. The van der Waals surface area contributed by atoms with Crippen molar-refractivity contribution in [2.45, 2.75) is 13.8 Å². The first-order valence-electron chi connectivity index (χ1n) is 6.91. The van der Waals surface area contributed by atoms with E-state index in [1.807, 2.05) is 38.1 Å². The molecule has 3 aromatic rings. The van der Waals surface area contributed by atoms with Gasteiger partial charge in [0.15, 0.2) is 0 Å². The SMILES string of the molecule is COC(=O)c1cc2c(C)onc2cc1Nc1ccccc1C. The maximum atomic E-state index is 12.1. The zero-order valence-corrected chi connectivity index (χ0v) is 12.6. The lowest BCUT2D eigenvalue weighted by Crippen LogP contribution is -2.06. The highest BCUT2D eigenvalue weighted by molar-refractivity contribution is 6.02. The maximum absolute atomic E-state index is 12.1. The first-order valence-corrected chi connectivity index (χ1v) is 6.91. The second-order valence-corrected chi connectivity index (χ2v) is 5.09. The van der Waals surface area contributed by atoms with E-state index in [4.69, 9.17) is 9.26 Å². The van der Waals surface area contributed by atoms with Crippen molar-refractivity contribution in [3.63, 3.8) is 0 Å². The van der Waals surface area contributed by atoms with Crippen molar-refractivity contribution < 1.29 is 14.1 Å². The van der Waals surface area contributed by atoms with Crippen molar-refractivity contribution in [2.75, 3.05) is 12.4 Å². The first kappa shape index (κ1) is 14.1. The van der Waals surface area contributed by atoms with E-state index in [1.165, 1.54) is 7.11 Å². The fourth-order valence-electron chi connectivity index (χ4n) is 2.35. The zero-order chi connectivity index (χ0) is 15.7. The molecule has 112 valence electrons. The third-order valence-corrected chi connectivity index (χ3v) is 3.62. The van der Waals surface area contributed by atoms with Crippen LogP contribution in [0.5, 0.6) is 0 Å². The molecule has 22 heavy (non-hydrogen) atoms. The third-order valence-electron chi connectivity index (χ3n) is 3.62. The highest BCUT2D eigenvalue weighted by Gasteiger charge is 2.17. The van der Waals surface area contributed by atoms with E-state index in [0.717, 1.165) is 16.6 Å². The summed E-state index contributed by atoms with van der Waals surface area (Å²) in [5, 5.41) is 8.08. The van der Waals surface area contributed by atoms with E-state index in [2.05, 4.69) is 10.5 Å². The standard InChI is InChI=1S/C17H16N2O3/c1-10-6-4-5-7-14(10)18-15-9-16-12(11(2)22-19-16)8-13(15)17(20)21-3/h4-9,18H,1-3H3. The number of hydrogen-bond acceptors (Lipinski definition) is 5. The van der Waals surface area contributed by atoms with Gasteiger partial charge in [0.25, 0.3) is 0 Å². The van der Waals surface area contributed by atoms with Gasteiger partial charge in [-0.05, 0) is 37.6 Å². The number of aryl methyl sites for hydroxylation is 2. The lowest BCUT2D eigenvalue weighted by Gasteiger charge is -2.13. The van der Waals surface area contributed by atoms with Crippen molar-refractivity contribution in [2.24, 2.45) is 0 Å². The fraction of sp³-hybridized carbons (Fsp3) is 0.176. The number of esters is 1. The van der Waals surface area contributed by atoms with E-state index in [0.29, 0.717) is 22.5 Å². The quantitative estimate of drug-likeness (QED) is 0.741. The predicted molar refractivity (Wildman–Crippen MR) is 84.5 cm³/mol. The van der Waals surface area contributed by atoms with Crippen molar-refractivity contribution in [1.82, 2.24) is 5.16 Å². The molecule has 0 saturated heterocycles. The lowest BCUT2D eigenvalue weighted by molar-refractivity contribution is 0.0602. The number of nitrogens with zero attached hydrogens (tertiary/aromatic N) is 1. The van der Waals surface area contributed by atoms with Crippen LogP contribution >= 0.6 is 0 Å². The number of ether oxygens (including phenoxy) is 1. The highest BCUT2D eigenvalue weighted by atomic mass is 16.5. The number of carbonyl (C=O) groups is 1. The Morgan fingerprint density at radius 2 is 1.95 bits per heavy atom. The van der Waals surface area contributed by atoms with Crippen LogP contribution in [0.25, 0.3) is 10.9 Å². The summed E-state index contributed by atoms with van der Waals surface area (Å²) in [5.41, 5.74) is 3.79. The summed E-state index contributed by atoms with van der Waals surface area (Å²) in [4.78, 5) is 12.1. The van der Waals surface area contributed by atoms with Crippen LogP contribution in [0, 0.1) is 13.8 Å². The molecule has 1 aromatic heterocycles. The van der Waals surface area contributed by atoms with Gasteiger partial charge in [0.1, 0.15) is 11.3 Å². The number of aromatic nitrogens is 1. The second kappa shape index (κ2) is 5.52. The van der Waals surface area contributed by atoms with Crippen molar-refractivity contribution in [1.29, 1.82) is 0 Å². The molecule has 2 aromatic carbocycles. The largest absolute Gasteiger partial charge is 0.465 e. The van der Waals surface area contributed by atoms with Crippen LogP contribution in [0.3, 0.4) is 0 Å². The Bertz CT molecular complexity index is 852. The number of fused-ring (bicyclic) bond motifs is 1. The molecule has 0 spiro atoms. The molecule has 0 aliphatic carbocycles. The summed E-state index contributed by atoms with van der Waals surface area (Å²) in [7, 11) is 1.37. The molecule has 0 saturated carbocycles. The Kier molecular flexibility index (Phi) is 3.55. The first-order chi connectivity index (χ1) is 10.6. The molecule has 0 radical (unpaired) electrons. The molecule has 1 N–H and O–H groups in total. The Morgan fingerprint density at radius 1 is 1.18 bits per heavy atom. The smallest absolute Gasteiger partial charge is 0.339 e. The summed E-state index contributed by atoms with van der Waals surface area (Å²) < 4.78 is 10.1. The van der Waals surface area contributed by atoms with Gasteiger partial charge in [-0.3, -0.25) is 0 Å². The van der Waals surface area contributed by atoms with Crippen LogP contribution in [0.1, 0.15) is 21.7 Å². The van der Waals surface area contributed by atoms with Gasteiger partial charge in [0, 0.05) is 11.1 Å². The number of anilines is 2. The van der Waals surface area contributed by atoms with Crippen LogP contribution in [0.4, 0.5) is 11.4 Å². The van der Waals surface area contributed by atoms with E-state index in [1.54, 1.807) is 12.1 Å². The summed E-state index contributed by atoms with van der Waals surface area (Å²) in [6.45, 7) is 3.81. The molecule has 0 bridgehead atoms. The Balaban J connectivity index is 2.14. The summed E-state index contributed by atoms with van der Waals surface area (Å²) in [6, 6.07) is 11.4. The van der Waals surface area contributed by atoms with Crippen LogP contribution in [0.15, 0.2) is 40.9 Å². The van der Waals surface area contributed by atoms with Gasteiger partial charge in [-0.25, -0.2) is 4.79 Å². The molecule has 0 amide bonds. The van der Waals surface area contributed by atoms with Crippen LogP contribution in [-0.2, 0) is 4.74 Å². The molecule has 1 heterocycles. The van der Waals surface area contributed by atoms with Gasteiger partial charge in [-0.15, -0.1) is 0 Å². The number of nitrogens with one attached hydrogen (secondary N) is 1. The van der Waals surface area contributed by atoms with Gasteiger partial charge >= 0.3 is 5.97 Å². The Morgan fingerprint density at radius 3 is 2.68 bits per heavy atom. The molecule has 5 nitrogen and oxygen atoms in total. The summed E-state index contributed by atoms with van der Waals surface area (Å²) in [6.07, 6.45) is 0. The molecule has 0 unspecified atom stereocenters. The zero-order valence-electron chi connectivity index (χ0n) is 12.6. The van der Waals surface area contributed by atoms with Gasteiger partial charge < -0.3 is 14.6 Å². The molecule has 3 rings (SSSR count). The van der Waals surface area contributed by atoms with Crippen LogP contribution < -0.4 is 5.32 Å². The van der Waals surface area contributed by atoms with Crippen molar-refractivity contribution in [3.05, 3.63) is 53.3 Å². The summed E-state index contributed by atoms with van der Waals surface area (Å²) in [5.74, 6) is 0.265. The van der Waals surface area contributed by atoms with E-state index < -0.39 is 5.97 Å². The molecule has 0 fully saturated rings. The minimum Gasteiger partial charge on any atom is -0.465 e. The third kappa shape index (κ3) is 2.41. The topological polar surface area (TPSA) is 64.4 Å². The molecular formula is C17H16N2O3. The normalized spacial score (nSPS) is 10.7. The molecule has 0 atom stereocenters. The average Bonchev–Trinajstić information content (AvgIpc) is 2.88. The number of benzene rings is 2. The maximum Gasteiger partial charge on any atom is 0.339 e. The predicted octanol–water partition coefficient (Wildman–Crippen LogP) is 3.97. The minimum atomic E-state index is -0.404. The van der Waals surface area contributed by atoms with Gasteiger partial charge in [0.2, 0.25) is 0 Å². The highest BCUT2D eigenvalue weighted by Crippen LogP contribution is 2.29. The average molecular weight is 296 g/mol. The number of para-hydroxylation sites is 1. The molecule has 0 aliphatic rings. The van der Waals surface area contributed by atoms with Crippen LogP contribution in [0.2, 0.25) is 0 Å². The number of rotatable bonds is 3. The van der Waals surface area contributed by atoms with Crippen molar-refractivity contribution in [3.8, 4) is 0 Å². The van der Waals surface area contributed by atoms with Gasteiger partial charge in [-0.2, -0.15) is 0 Å². The van der Waals surface area contributed by atoms with Crippen molar-refractivity contribution >= 4 is 28.2 Å². The molecule has 0 aliphatic heterocycles. The fourth-order valence-corrected chi connectivity index (χ4v) is 2.35. The van der Waals surface area contributed by atoms with Gasteiger partial charge in [0.05, 0.1) is 18.4 Å².